The van der Waals surface area contributed by atoms with Gasteiger partial charge < -0.3 is 5.11 Å². The van der Waals surface area contributed by atoms with Gasteiger partial charge in [0.1, 0.15) is 0 Å². The van der Waals surface area contributed by atoms with Crippen molar-refractivity contribution in [3.8, 4) is 0 Å². The van der Waals surface area contributed by atoms with Crippen LogP contribution in [0.4, 0.5) is 0 Å². The maximum Gasteiger partial charge on any atom is 0.0696 e. The second kappa shape index (κ2) is 6.35. The molecular weight excluding hydrogens is 222 g/mol. The van der Waals surface area contributed by atoms with E-state index in [1.165, 1.54) is 5.56 Å². The number of likely N-dealkylation sites (tertiary alicyclic amines) is 1. The largest absolute Gasteiger partial charge is 0.391 e. The first-order valence-corrected chi connectivity index (χ1v) is 7.13. The van der Waals surface area contributed by atoms with E-state index in [1.54, 1.807) is 0 Å². The molecule has 2 atom stereocenters. The van der Waals surface area contributed by atoms with Crippen LogP contribution >= 0.6 is 0 Å². The van der Waals surface area contributed by atoms with Gasteiger partial charge >= 0.3 is 0 Å². The van der Waals surface area contributed by atoms with E-state index in [-0.39, 0.29) is 6.10 Å². The van der Waals surface area contributed by atoms with Crippen LogP contribution in [0, 0.1) is 5.92 Å². The molecule has 0 aliphatic carbocycles. The average molecular weight is 247 g/mol. The van der Waals surface area contributed by atoms with Crippen LogP contribution in [-0.2, 0) is 6.54 Å². The smallest absolute Gasteiger partial charge is 0.0696 e. The van der Waals surface area contributed by atoms with Gasteiger partial charge in [0.25, 0.3) is 0 Å². The average Bonchev–Trinajstić information content (AvgIpc) is 2.34. The standard InChI is InChI=1S/C16H25NO/c1-13(2)11-15-16(18)9-6-10-17(15)12-14-7-4-3-5-8-14/h3-5,7-8,13,15-16,18H,6,9-12H2,1-2H3. The molecule has 0 saturated carbocycles. The number of piperidine rings is 1. The van der Waals surface area contributed by atoms with Crippen LogP contribution in [0.1, 0.15) is 38.7 Å². The van der Waals surface area contributed by atoms with Crippen molar-refractivity contribution in [1.82, 2.24) is 4.90 Å². The molecule has 1 saturated heterocycles. The summed E-state index contributed by atoms with van der Waals surface area (Å²) in [5.41, 5.74) is 1.35. The maximum absolute atomic E-state index is 10.2. The van der Waals surface area contributed by atoms with Crippen LogP contribution in [0.25, 0.3) is 0 Å². The van der Waals surface area contributed by atoms with Crippen molar-refractivity contribution in [3.05, 3.63) is 35.9 Å². The van der Waals surface area contributed by atoms with E-state index in [2.05, 4.69) is 49.1 Å². The van der Waals surface area contributed by atoms with Crippen molar-refractivity contribution >= 4 is 0 Å². The van der Waals surface area contributed by atoms with Crippen LogP contribution in [0.5, 0.6) is 0 Å². The minimum absolute atomic E-state index is 0.148. The van der Waals surface area contributed by atoms with Crippen molar-refractivity contribution in [2.75, 3.05) is 6.54 Å². The fraction of sp³-hybridized carbons (Fsp3) is 0.625. The molecule has 0 radical (unpaired) electrons. The predicted molar refractivity (Wildman–Crippen MR) is 75.3 cm³/mol. The summed E-state index contributed by atoms with van der Waals surface area (Å²) in [4.78, 5) is 2.46. The van der Waals surface area contributed by atoms with Crippen molar-refractivity contribution in [2.45, 2.75) is 51.8 Å². The van der Waals surface area contributed by atoms with Crippen molar-refractivity contribution < 1.29 is 5.11 Å². The minimum atomic E-state index is -0.148. The quantitative estimate of drug-likeness (QED) is 0.884. The second-order valence-corrected chi connectivity index (χ2v) is 5.86. The Labute approximate surface area is 111 Å². The van der Waals surface area contributed by atoms with Gasteiger partial charge in [-0.1, -0.05) is 44.2 Å². The summed E-state index contributed by atoms with van der Waals surface area (Å²) in [6.45, 7) is 6.56. The highest BCUT2D eigenvalue weighted by Crippen LogP contribution is 2.25. The SMILES string of the molecule is CC(C)CC1C(O)CCCN1Cc1ccccc1. The molecule has 18 heavy (non-hydrogen) atoms. The number of rotatable bonds is 4. The van der Waals surface area contributed by atoms with Gasteiger partial charge in [-0.15, -0.1) is 0 Å². The van der Waals surface area contributed by atoms with Crippen LogP contribution in [0.2, 0.25) is 0 Å². The molecule has 0 amide bonds. The highest BCUT2D eigenvalue weighted by molar-refractivity contribution is 5.14. The first kappa shape index (κ1) is 13.6. The third kappa shape index (κ3) is 3.56. The molecule has 1 N–H and O–H groups in total. The minimum Gasteiger partial charge on any atom is -0.391 e. The molecule has 0 spiro atoms. The molecule has 2 rings (SSSR count). The van der Waals surface area contributed by atoms with Crippen LogP contribution < -0.4 is 0 Å². The van der Waals surface area contributed by atoms with Crippen LogP contribution in [-0.4, -0.2) is 28.7 Å². The van der Waals surface area contributed by atoms with E-state index in [9.17, 15) is 5.11 Å². The normalized spacial score (nSPS) is 25.6. The molecule has 1 fully saturated rings. The number of benzene rings is 1. The molecule has 2 nitrogen and oxygen atoms in total. The Morgan fingerprint density at radius 3 is 2.67 bits per heavy atom. The predicted octanol–water partition coefficient (Wildman–Crippen LogP) is 3.06. The molecule has 2 unspecified atom stereocenters. The summed E-state index contributed by atoms with van der Waals surface area (Å²) < 4.78 is 0. The number of aliphatic hydroxyl groups excluding tert-OH is 1. The lowest BCUT2D eigenvalue weighted by molar-refractivity contribution is -0.00303. The molecule has 1 aliphatic rings. The van der Waals surface area contributed by atoms with E-state index in [0.29, 0.717) is 12.0 Å². The van der Waals surface area contributed by atoms with Gasteiger partial charge in [0.05, 0.1) is 6.10 Å². The highest BCUT2D eigenvalue weighted by Gasteiger charge is 2.30. The summed E-state index contributed by atoms with van der Waals surface area (Å²) in [5.74, 6) is 0.640. The Bertz CT molecular complexity index is 349. The Kier molecular flexibility index (Phi) is 4.79. The van der Waals surface area contributed by atoms with E-state index in [0.717, 1.165) is 32.4 Å². The lowest BCUT2D eigenvalue weighted by Gasteiger charge is -2.40. The zero-order chi connectivity index (χ0) is 13.0. The first-order valence-electron chi connectivity index (χ1n) is 7.13. The molecule has 100 valence electrons. The Morgan fingerprint density at radius 1 is 1.28 bits per heavy atom. The Hall–Kier alpha value is -0.860. The number of hydrogen-bond acceptors (Lipinski definition) is 2. The molecule has 2 heteroatoms. The lowest BCUT2D eigenvalue weighted by atomic mass is 9.91. The number of nitrogens with zero attached hydrogens (tertiary/aromatic N) is 1. The van der Waals surface area contributed by atoms with Gasteiger partial charge in [0, 0.05) is 12.6 Å². The van der Waals surface area contributed by atoms with Gasteiger partial charge in [-0.05, 0) is 37.3 Å². The van der Waals surface area contributed by atoms with Gasteiger partial charge in [-0.2, -0.15) is 0 Å². The topological polar surface area (TPSA) is 23.5 Å². The summed E-state index contributed by atoms with van der Waals surface area (Å²) in [5, 5.41) is 10.2. The molecular formula is C16H25NO. The third-order valence-corrected chi connectivity index (χ3v) is 3.80. The van der Waals surface area contributed by atoms with Gasteiger partial charge in [0.2, 0.25) is 0 Å². The van der Waals surface area contributed by atoms with E-state index in [4.69, 9.17) is 0 Å². The summed E-state index contributed by atoms with van der Waals surface area (Å²) in [6, 6.07) is 10.9. The molecule has 1 heterocycles. The molecule has 1 aromatic rings. The molecule has 0 aromatic heterocycles. The maximum atomic E-state index is 10.2. The third-order valence-electron chi connectivity index (χ3n) is 3.80. The van der Waals surface area contributed by atoms with Crippen LogP contribution in [0.3, 0.4) is 0 Å². The van der Waals surface area contributed by atoms with Crippen molar-refractivity contribution in [3.63, 3.8) is 0 Å². The van der Waals surface area contributed by atoms with Crippen LogP contribution in [0.15, 0.2) is 30.3 Å². The molecule has 1 aromatic carbocycles. The van der Waals surface area contributed by atoms with Gasteiger partial charge in [-0.25, -0.2) is 0 Å². The number of aliphatic hydroxyl groups is 1. The molecule has 0 bridgehead atoms. The molecule has 1 aliphatic heterocycles. The summed E-state index contributed by atoms with van der Waals surface area (Å²) in [7, 11) is 0. The van der Waals surface area contributed by atoms with E-state index >= 15 is 0 Å². The van der Waals surface area contributed by atoms with Crippen molar-refractivity contribution in [1.29, 1.82) is 0 Å². The fourth-order valence-corrected chi connectivity index (χ4v) is 2.91. The zero-order valence-corrected chi connectivity index (χ0v) is 11.5. The Morgan fingerprint density at radius 2 is 2.00 bits per heavy atom. The summed E-state index contributed by atoms with van der Waals surface area (Å²) in [6.07, 6.45) is 3.02. The number of hydrogen-bond donors (Lipinski definition) is 1. The zero-order valence-electron chi connectivity index (χ0n) is 11.5. The van der Waals surface area contributed by atoms with E-state index < -0.39 is 0 Å². The van der Waals surface area contributed by atoms with Crippen molar-refractivity contribution in [2.24, 2.45) is 5.92 Å². The Balaban J connectivity index is 2.03. The van der Waals surface area contributed by atoms with Gasteiger partial charge in [-0.3, -0.25) is 4.90 Å². The monoisotopic (exact) mass is 247 g/mol. The lowest BCUT2D eigenvalue weighted by Crippen LogP contribution is -2.48. The van der Waals surface area contributed by atoms with E-state index in [1.807, 2.05) is 0 Å². The first-order chi connectivity index (χ1) is 8.66. The highest BCUT2D eigenvalue weighted by atomic mass is 16.3. The second-order valence-electron chi connectivity index (χ2n) is 5.86. The van der Waals surface area contributed by atoms with Gasteiger partial charge in [0.15, 0.2) is 0 Å². The summed E-state index contributed by atoms with van der Waals surface area (Å²) >= 11 is 0. The fourth-order valence-electron chi connectivity index (χ4n) is 2.91.